The van der Waals surface area contributed by atoms with Crippen molar-refractivity contribution in [1.82, 2.24) is 0 Å². The van der Waals surface area contributed by atoms with Crippen molar-refractivity contribution in [1.29, 1.82) is 0 Å². The van der Waals surface area contributed by atoms with E-state index >= 15 is 0 Å². The molecule has 55 heavy (non-hydrogen) atoms. The van der Waals surface area contributed by atoms with Crippen LogP contribution in [0, 0.1) is 6.92 Å². The topological polar surface area (TPSA) is 60.7 Å². The first-order valence-electron chi connectivity index (χ1n) is 18.5. The van der Waals surface area contributed by atoms with Gasteiger partial charge in [0.15, 0.2) is 0 Å². The molecule has 0 fully saturated rings. The molecule has 0 aliphatic heterocycles. The minimum absolute atomic E-state index is 0.0993. The van der Waals surface area contributed by atoms with Crippen LogP contribution in [0.25, 0.3) is 77.2 Å². The third-order valence-electron chi connectivity index (χ3n) is 10.7. The second kappa shape index (κ2) is 13.6. The quantitative estimate of drug-likeness (QED) is 0.143. The second-order valence-electron chi connectivity index (χ2n) is 14.3. The van der Waals surface area contributed by atoms with Gasteiger partial charge >= 0.3 is 322 Å². The molecule has 9 aromatic carbocycles. The van der Waals surface area contributed by atoms with Crippen molar-refractivity contribution in [2.75, 3.05) is 0 Å². The molecule has 0 heterocycles. The Labute approximate surface area is 321 Å². The predicted molar refractivity (Wildman–Crippen MR) is 233 cm³/mol. The zero-order chi connectivity index (χ0) is 37.6. The third kappa shape index (κ3) is 6.34. The van der Waals surface area contributed by atoms with Gasteiger partial charge in [-0.15, -0.1) is 0 Å². The minimum atomic E-state index is -5.92. The van der Waals surface area contributed by atoms with Gasteiger partial charge in [0.25, 0.3) is 0 Å². The van der Waals surface area contributed by atoms with Gasteiger partial charge in [-0.3, -0.25) is 0 Å². The van der Waals surface area contributed by atoms with Crippen LogP contribution in [-0.4, -0.2) is 14.7 Å². The van der Waals surface area contributed by atoms with Gasteiger partial charge in [-0.1, -0.05) is 0 Å². The van der Waals surface area contributed by atoms with Crippen LogP contribution in [-0.2, 0) is 0 Å². The van der Waals surface area contributed by atoms with E-state index in [9.17, 15) is 14.7 Å². The van der Waals surface area contributed by atoms with Crippen LogP contribution in [0.15, 0.2) is 200 Å². The molecule has 0 amide bonds. The summed E-state index contributed by atoms with van der Waals surface area (Å²) in [6.07, 6.45) is 0. The van der Waals surface area contributed by atoms with Crippen LogP contribution in [0.4, 0.5) is 0 Å². The number of aryl methyl sites for hydroxylation is 1. The van der Waals surface area contributed by atoms with Crippen molar-refractivity contribution in [3.05, 3.63) is 206 Å². The summed E-state index contributed by atoms with van der Waals surface area (Å²) in [5, 5.41) is 4.01. The molecule has 0 aliphatic carbocycles. The van der Waals surface area contributed by atoms with Crippen molar-refractivity contribution in [2.45, 2.75) is 6.92 Å². The summed E-state index contributed by atoms with van der Waals surface area (Å²) in [7, 11) is -5.92. The van der Waals surface area contributed by atoms with E-state index in [0.29, 0.717) is 16.7 Å². The standard InChI is InChI=1S/C51H39O3P/c1-35-15-14-24-46(49-31-42-27-25-40(36-16-6-2-7-17-36)29-44(42)32-47(49)38-20-10-4-11-21-38)51(35)55(52,53,54)50-34-43-28-26-41(37-18-8-3-9-19-37)30-45(43)33-48(50)39-22-12-5-13-23-39/h2-34,52-54H,1H3. The van der Waals surface area contributed by atoms with Crippen LogP contribution >= 0.6 is 7.28 Å². The fourth-order valence-electron chi connectivity index (χ4n) is 8.02. The fourth-order valence-corrected chi connectivity index (χ4v) is 10.6. The molecule has 3 nitrogen and oxygen atoms in total. The number of hydrogen-bond donors (Lipinski definition) is 3. The van der Waals surface area contributed by atoms with Crippen LogP contribution in [0.3, 0.4) is 0 Å². The molecule has 0 saturated heterocycles. The van der Waals surface area contributed by atoms with Crippen molar-refractivity contribution in [2.24, 2.45) is 0 Å². The molecule has 0 unspecified atom stereocenters. The van der Waals surface area contributed by atoms with Gasteiger partial charge in [0.05, 0.1) is 0 Å². The fraction of sp³-hybridized carbons (Fsp3) is 0.0196. The molecule has 9 rings (SSSR count). The van der Waals surface area contributed by atoms with Gasteiger partial charge < -0.3 is 0 Å². The monoisotopic (exact) mass is 730 g/mol. The van der Waals surface area contributed by atoms with E-state index < -0.39 is 7.28 Å². The van der Waals surface area contributed by atoms with Crippen LogP contribution < -0.4 is 10.6 Å². The first-order chi connectivity index (χ1) is 26.7. The van der Waals surface area contributed by atoms with Gasteiger partial charge in [0, 0.05) is 0 Å². The molecule has 0 saturated carbocycles. The first kappa shape index (κ1) is 34.6. The maximum atomic E-state index is 13.0. The summed E-state index contributed by atoms with van der Waals surface area (Å²) in [4.78, 5) is 38.9. The zero-order valence-electron chi connectivity index (χ0n) is 30.3. The van der Waals surface area contributed by atoms with Crippen molar-refractivity contribution in [3.8, 4) is 55.6 Å². The summed E-state index contributed by atoms with van der Waals surface area (Å²) in [5.41, 5.74) is 9.58. The molecule has 4 heteroatoms. The Morgan fingerprint density at radius 1 is 0.309 bits per heavy atom. The van der Waals surface area contributed by atoms with Gasteiger partial charge in [0.2, 0.25) is 0 Å². The van der Waals surface area contributed by atoms with E-state index in [4.69, 9.17) is 0 Å². The molecule has 9 aromatic rings. The van der Waals surface area contributed by atoms with E-state index in [2.05, 4.69) is 72.8 Å². The third-order valence-corrected chi connectivity index (χ3v) is 13.4. The molecular formula is C51H39O3P. The van der Waals surface area contributed by atoms with Gasteiger partial charge in [0.1, 0.15) is 0 Å². The van der Waals surface area contributed by atoms with Gasteiger partial charge in [-0.25, -0.2) is 0 Å². The van der Waals surface area contributed by atoms with Crippen LogP contribution in [0.5, 0.6) is 0 Å². The Morgan fingerprint density at radius 3 is 1.27 bits per heavy atom. The average molecular weight is 731 g/mol. The summed E-state index contributed by atoms with van der Waals surface area (Å²) < 4.78 is 0. The summed E-state index contributed by atoms with van der Waals surface area (Å²) >= 11 is 0. The molecule has 3 N–H and O–H groups in total. The number of benzene rings is 9. The number of hydrogen-bond acceptors (Lipinski definition) is 3. The number of rotatable bonds is 7. The normalized spacial score (nSPS) is 12.4. The molecule has 0 aromatic heterocycles. The van der Waals surface area contributed by atoms with Crippen molar-refractivity contribution >= 4 is 39.4 Å². The van der Waals surface area contributed by atoms with Gasteiger partial charge in [-0.05, 0) is 0 Å². The zero-order valence-corrected chi connectivity index (χ0v) is 31.2. The predicted octanol–water partition coefficient (Wildman–Crippen LogP) is 11.9. The molecule has 0 aliphatic rings. The van der Waals surface area contributed by atoms with Crippen molar-refractivity contribution in [3.63, 3.8) is 0 Å². The molecule has 0 atom stereocenters. The summed E-state index contributed by atoms with van der Waals surface area (Å²) in [5.74, 6) is 0. The Balaban J connectivity index is 1.29. The molecular weight excluding hydrogens is 692 g/mol. The van der Waals surface area contributed by atoms with E-state index in [1.165, 1.54) is 0 Å². The van der Waals surface area contributed by atoms with Crippen LogP contribution in [0.2, 0.25) is 0 Å². The molecule has 0 radical (unpaired) electrons. The SMILES string of the molecule is Cc1cccc(-c2cc3ccc(-c4ccccc4)cc3cc2-c2ccccc2)c1P(O)(O)(O)c1cc2ccc(-c3ccccc3)cc2cc1-c1ccccc1. The Bertz CT molecular complexity index is 2840. The number of fused-ring (bicyclic) bond motifs is 2. The summed E-state index contributed by atoms with van der Waals surface area (Å²) in [6, 6.07) is 66.6. The van der Waals surface area contributed by atoms with Crippen molar-refractivity contribution < 1.29 is 14.7 Å². The Morgan fingerprint density at radius 2 is 0.745 bits per heavy atom. The van der Waals surface area contributed by atoms with E-state index in [-0.39, 0.29) is 10.6 Å². The first-order valence-corrected chi connectivity index (χ1v) is 20.6. The van der Waals surface area contributed by atoms with E-state index in [1.54, 1.807) is 6.07 Å². The van der Waals surface area contributed by atoms with E-state index in [1.807, 2.05) is 128 Å². The van der Waals surface area contributed by atoms with E-state index in [0.717, 1.165) is 66.1 Å². The molecule has 0 spiro atoms. The second-order valence-corrected chi connectivity index (χ2v) is 17.2. The van der Waals surface area contributed by atoms with Crippen LogP contribution in [0.1, 0.15) is 5.56 Å². The summed E-state index contributed by atoms with van der Waals surface area (Å²) in [6.45, 7) is 1.84. The molecule has 0 bridgehead atoms. The van der Waals surface area contributed by atoms with Gasteiger partial charge in [-0.2, -0.15) is 0 Å². The Kier molecular flexibility index (Phi) is 8.54. The average Bonchev–Trinajstić information content (AvgIpc) is 3.23. The maximum absolute atomic E-state index is 13.0. The Hall–Kier alpha value is -6.19. The molecule has 266 valence electrons.